The van der Waals surface area contributed by atoms with Crippen molar-refractivity contribution in [2.24, 2.45) is 0 Å². The molecule has 0 radical (unpaired) electrons. The summed E-state index contributed by atoms with van der Waals surface area (Å²) in [5, 5.41) is 3.18. The zero-order chi connectivity index (χ0) is 14.2. The zero-order valence-electron chi connectivity index (χ0n) is 12.5. The van der Waals surface area contributed by atoms with Crippen LogP contribution in [0, 0.1) is 0 Å². The SMILES string of the molecule is CNc1nc(C2CN3CCCC3CO2)nc2c1COCC2. The summed E-state index contributed by atoms with van der Waals surface area (Å²) in [5.41, 5.74) is 2.21. The molecule has 3 aliphatic heterocycles. The lowest BCUT2D eigenvalue weighted by Crippen LogP contribution is -2.43. The molecule has 6 nitrogen and oxygen atoms in total. The lowest BCUT2D eigenvalue weighted by atomic mass is 10.1. The van der Waals surface area contributed by atoms with Crippen LogP contribution in [-0.2, 0) is 22.5 Å². The predicted octanol–water partition coefficient (Wildman–Crippen LogP) is 1.13. The molecule has 6 heteroatoms. The number of hydrogen-bond donors (Lipinski definition) is 1. The Morgan fingerprint density at radius 2 is 2.29 bits per heavy atom. The minimum Gasteiger partial charge on any atom is -0.376 e. The number of nitrogens with one attached hydrogen (secondary N) is 1. The van der Waals surface area contributed by atoms with Crippen molar-refractivity contribution >= 4 is 5.82 Å². The van der Waals surface area contributed by atoms with Gasteiger partial charge in [-0.05, 0) is 19.4 Å². The second kappa shape index (κ2) is 5.51. The van der Waals surface area contributed by atoms with E-state index in [0.717, 1.165) is 49.1 Å². The van der Waals surface area contributed by atoms with Crippen LogP contribution >= 0.6 is 0 Å². The molecule has 4 rings (SSSR count). The molecule has 3 aliphatic rings. The van der Waals surface area contributed by atoms with Crippen LogP contribution in [0.5, 0.6) is 0 Å². The summed E-state index contributed by atoms with van der Waals surface area (Å²) in [6, 6.07) is 0.607. The van der Waals surface area contributed by atoms with Crippen molar-refractivity contribution in [1.29, 1.82) is 0 Å². The fraction of sp³-hybridized carbons (Fsp3) is 0.733. The van der Waals surface area contributed by atoms with Crippen LogP contribution in [0.2, 0.25) is 0 Å². The number of nitrogens with zero attached hydrogens (tertiary/aromatic N) is 3. The van der Waals surface area contributed by atoms with E-state index in [9.17, 15) is 0 Å². The van der Waals surface area contributed by atoms with E-state index in [1.165, 1.54) is 19.4 Å². The first-order valence-electron chi connectivity index (χ1n) is 7.86. The molecule has 0 aliphatic carbocycles. The maximum absolute atomic E-state index is 6.04. The van der Waals surface area contributed by atoms with E-state index in [-0.39, 0.29) is 6.10 Å². The quantitative estimate of drug-likeness (QED) is 0.881. The maximum atomic E-state index is 6.04. The molecular formula is C15H22N4O2. The maximum Gasteiger partial charge on any atom is 0.161 e. The summed E-state index contributed by atoms with van der Waals surface area (Å²) < 4.78 is 11.6. The highest BCUT2D eigenvalue weighted by molar-refractivity contribution is 5.46. The van der Waals surface area contributed by atoms with E-state index in [2.05, 4.69) is 15.2 Å². The molecule has 1 aromatic rings. The van der Waals surface area contributed by atoms with Gasteiger partial charge in [0.05, 0.1) is 25.5 Å². The third kappa shape index (κ3) is 2.41. The van der Waals surface area contributed by atoms with Crippen molar-refractivity contribution in [1.82, 2.24) is 14.9 Å². The van der Waals surface area contributed by atoms with E-state index in [1.54, 1.807) is 0 Å². The fourth-order valence-electron chi connectivity index (χ4n) is 3.58. The second-order valence-corrected chi connectivity index (χ2v) is 6.02. The number of ether oxygens (including phenoxy) is 2. The summed E-state index contributed by atoms with van der Waals surface area (Å²) in [5.74, 6) is 1.71. The molecule has 114 valence electrons. The van der Waals surface area contributed by atoms with Gasteiger partial charge in [0.15, 0.2) is 5.82 Å². The summed E-state index contributed by atoms with van der Waals surface area (Å²) >= 11 is 0. The molecule has 4 heterocycles. The number of morpholine rings is 1. The third-order valence-electron chi connectivity index (χ3n) is 4.75. The van der Waals surface area contributed by atoms with E-state index in [4.69, 9.17) is 14.5 Å². The van der Waals surface area contributed by atoms with Crippen LogP contribution in [0.25, 0.3) is 0 Å². The molecular weight excluding hydrogens is 268 g/mol. The molecule has 0 bridgehead atoms. The minimum atomic E-state index is -0.000375. The van der Waals surface area contributed by atoms with Gasteiger partial charge in [0.2, 0.25) is 0 Å². The van der Waals surface area contributed by atoms with Gasteiger partial charge >= 0.3 is 0 Å². The van der Waals surface area contributed by atoms with Crippen LogP contribution in [0.3, 0.4) is 0 Å². The zero-order valence-corrected chi connectivity index (χ0v) is 12.5. The molecule has 0 amide bonds. The number of hydrogen-bond acceptors (Lipinski definition) is 6. The van der Waals surface area contributed by atoms with Crippen LogP contribution in [0.1, 0.15) is 36.0 Å². The molecule has 2 fully saturated rings. The first kappa shape index (κ1) is 13.4. The second-order valence-electron chi connectivity index (χ2n) is 6.02. The van der Waals surface area contributed by atoms with Gasteiger partial charge in [-0.3, -0.25) is 4.90 Å². The first-order chi connectivity index (χ1) is 10.3. The topological polar surface area (TPSA) is 59.5 Å². The fourth-order valence-corrected chi connectivity index (χ4v) is 3.58. The third-order valence-corrected chi connectivity index (χ3v) is 4.75. The Balaban J connectivity index is 1.62. The highest BCUT2D eigenvalue weighted by atomic mass is 16.5. The largest absolute Gasteiger partial charge is 0.376 e. The summed E-state index contributed by atoms with van der Waals surface area (Å²) in [6.45, 7) is 4.26. The van der Waals surface area contributed by atoms with Crippen molar-refractivity contribution in [3.05, 3.63) is 17.1 Å². The molecule has 2 unspecified atom stereocenters. The highest BCUT2D eigenvalue weighted by Gasteiger charge is 2.34. The lowest BCUT2D eigenvalue weighted by Gasteiger charge is -2.34. The number of rotatable bonds is 2. The molecule has 1 aromatic heterocycles. The van der Waals surface area contributed by atoms with E-state index in [0.29, 0.717) is 12.6 Å². The summed E-state index contributed by atoms with van der Waals surface area (Å²) in [7, 11) is 1.90. The van der Waals surface area contributed by atoms with Gasteiger partial charge in [-0.2, -0.15) is 0 Å². The average Bonchev–Trinajstić information content (AvgIpc) is 3.01. The van der Waals surface area contributed by atoms with Gasteiger partial charge in [0.1, 0.15) is 11.9 Å². The Hall–Kier alpha value is -1.24. The molecule has 2 saturated heterocycles. The van der Waals surface area contributed by atoms with E-state index >= 15 is 0 Å². The predicted molar refractivity (Wildman–Crippen MR) is 78.2 cm³/mol. The summed E-state index contributed by atoms with van der Waals surface area (Å²) in [6.07, 6.45) is 3.40. The van der Waals surface area contributed by atoms with E-state index < -0.39 is 0 Å². The summed E-state index contributed by atoms with van der Waals surface area (Å²) in [4.78, 5) is 12.0. The molecule has 21 heavy (non-hydrogen) atoms. The van der Waals surface area contributed by atoms with Gasteiger partial charge < -0.3 is 14.8 Å². The smallest absolute Gasteiger partial charge is 0.161 e. The standard InChI is InChI=1S/C15H22N4O2/c1-16-14-11-9-20-6-4-12(11)17-15(18-14)13-7-19-5-2-3-10(19)8-21-13/h10,13H,2-9H2,1H3,(H,16,17,18). The average molecular weight is 290 g/mol. The van der Waals surface area contributed by atoms with Crippen LogP contribution in [0.15, 0.2) is 0 Å². The minimum absolute atomic E-state index is 0.000375. The highest BCUT2D eigenvalue weighted by Crippen LogP contribution is 2.31. The van der Waals surface area contributed by atoms with Gasteiger partial charge in [-0.15, -0.1) is 0 Å². The molecule has 0 aromatic carbocycles. The Kier molecular flexibility index (Phi) is 3.52. The van der Waals surface area contributed by atoms with Gasteiger partial charge in [0, 0.05) is 31.6 Å². The number of anilines is 1. The van der Waals surface area contributed by atoms with E-state index in [1.807, 2.05) is 7.05 Å². The molecule has 2 atom stereocenters. The normalized spacial score (nSPS) is 29.0. The Morgan fingerprint density at radius 1 is 1.33 bits per heavy atom. The Bertz CT molecular complexity index is 519. The molecule has 1 N–H and O–H groups in total. The Morgan fingerprint density at radius 3 is 3.19 bits per heavy atom. The van der Waals surface area contributed by atoms with Gasteiger partial charge in [0.25, 0.3) is 0 Å². The molecule has 0 spiro atoms. The van der Waals surface area contributed by atoms with Crippen LogP contribution in [0.4, 0.5) is 5.82 Å². The molecule has 0 saturated carbocycles. The van der Waals surface area contributed by atoms with Crippen molar-refractivity contribution in [3.63, 3.8) is 0 Å². The monoisotopic (exact) mass is 290 g/mol. The van der Waals surface area contributed by atoms with Crippen molar-refractivity contribution in [2.45, 2.75) is 38.0 Å². The Labute approximate surface area is 124 Å². The first-order valence-corrected chi connectivity index (χ1v) is 7.86. The number of fused-ring (bicyclic) bond motifs is 2. The van der Waals surface area contributed by atoms with Crippen molar-refractivity contribution in [2.75, 3.05) is 38.7 Å². The number of aromatic nitrogens is 2. The van der Waals surface area contributed by atoms with Crippen LogP contribution < -0.4 is 5.32 Å². The van der Waals surface area contributed by atoms with Crippen LogP contribution in [-0.4, -0.2) is 54.3 Å². The van der Waals surface area contributed by atoms with Crippen molar-refractivity contribution in [3.8, 4) is 0 Å². The van der Waals surface area contributed by atoms with Crippen molar-refractivity contribution < 1.29 is 9.47 Å². The van der Waals surface area contributed by atoms with Gasteiger partial charge in [-0.1, -0.05) is 0 Å². The lowest BCUT2D eigenvalue weighted by molar-refractivity contribution is -0.0542. The van der Waals surface area contributed by atoms with Gasteiger partial charge in [-0.25, -0.2) is 9.97 Å².